The van der Waals surface area contributed by atoms with Crippen molar-refractivity contribution < 1.29 is 24.2 Å². The minimum atomic E-state index is -1.28. The Morgan fingerprint density at radius 3 is 2.37 bits per heavy atom. The summed E-state index contributed by atoms with van der Waals surface area (Å²) in [7, 11) is 0. The summed E-state index contributed by atoms with van der Waals surface area (Å²) < 4.78 is 10.5. The summed E-state index contributed by atoms with van der Waals surface area (Å²) in [5.41, 5.74) is -1.93. The van der Waals surface area contributed by atoms with E-state index in [2.05, 4.69) is 5.32 Å². The van der Waals surface area contributed by atoms with Crippen LogP contribution < -0.4 is 5.32 Å². The van der Waals surface area contributed by atoms with Crippen molar-refractivity contribution >= 4 is 11.9 Å². The zero-order chi connectivity index (χ0) is 14.7. The van der Waals surface area contributed by atoms with Gasteiger partial charge in [0.15, 0.2) is 0 Å². The van der Waals surface area contributed by atoms with Crippen LogP contribution in [0, 0.1) is 5.41 Å². The Kier molecular flexibility index (Phi) is 4.92. The molecule has 0 radical (unpaired) electrons. The van der Waals surface area contributed by atoms with Crippen molar-refractivity contribution in [2.75, 3.05) is 19.8 Å². The number of rotatable bonds is 7. The fourth-order valence-electron chi connectivity index (χ4n) is 2.51. The van der Waals surface area contributed by atoms with Gasteiger partial charge in [0.25, 0.3) is 0 Å². The SMILES string of the molecule is CCOCC(=O)NC1(C(=O)O)CC(OCC)C1(C)C. The van der Waals surface area contributed by atoms with Crippen molar-refractivity contribution in [2.24, 2.45) is 5.41 Å². The first-order chi connectivity index (χ1) is 8.81. The normalized spacial score (nSPS) is 28.5. The molecule has 0 aliphatic heterocycles. The zero-order valence-corrected chi connectivity index (χ0v) is 12.0. The summed E-state index contributed by atoms with van der Waals surface area (Å²) >= 11 is 0. The third-order valence-electron chi connectivity index (χ3n) is 3.92. The second-order valence-corrected chi connectivity index (χ2v) is 5.27. The number of hydrogen-bond acceptors (Lipinski definition) is 4. The Morgan fingerprint density at radius 1 is 1.32 bits per heavy atom. The maximum atomic E-state index is 11.7. The molecule has 2 N–H and O–H groups in total. The van der Waals surface area contributed by atoms with Crippen LogP contribution in [0.15, 0.2) is 0 Å². The van der Waals surface area contributed by atoms with Crippen LogP contribution in [0.1, 0.15) is 34.1 Å². The molecule has 110 valence electrons. The molecule has 0 heterocycles. The van der Waals surface area contributed by atoms with Crippen LogP contribution in [-0.2, 0) is 19.1 Å². The third-order valence-corrected chi connectivity index (χ3v) is 3.92. The maximum absolute atomic E-state index is 11.7. The van der Waals surface area contributed by atoms with E-state index in [9.17, 15) is 14.7 Å². The van der Waals surface area contributed by atoms with E-state index >= 15 is 0 Å². The van der Waals surface area contributed by atoms with Crippen molar-refractivity contribution in [1.82, 2.24) is 5.32 Å². The highest BCUT2D eigenvalue weighted by Crippen LogP contribution is 2.51. The van der Waals surface area contributed by atoms with Crippen LogP contribution in [0.2, 0.25) is 0 Å². The molecule has 2 unspecified atom stereocenters. The van der Waals surface area contributed by atoms with Gasteiger partial charge in [-0.15, -0.1) is 0 Å². The number of amides is 1. The van der Waals surface area contributed by atoms with Gasteiger partial charge in [0.2, 0.25) is 5.91 Å². The molecule has 19 heavy (non-hydrogen) atoms. The quantitative estimate of drug-likeness (QED) is 0.716. The molecule has 0 aromatic rings. The smallest absolute Gasteiger partial charge is 0.330 e. The molecule has 6 heteroatoms. The monoisotopic (exact) mass is 273 g/mol. The Bertz CT molecular complexity index is 355. The molecule has 1 fully saturated rings. The van der Waals surface area contributed by atoms with Gasteiger partial charge < -0.3 is 19.9 Å². The van der Waals surface area contributed by atoms with Crippen LogP contribution in [0.4, 0.5) is 0 Å². The first-order valence-corrected chi connectivity index (χ1v) is 6.55. The van der Waals surface area contributed by atoms with E-state index in [1.165, 1.54) is 0 Å². The summed E-state index contributed by atoms with van der Waals surface area (Å²) in [4.78, 5) is 23.3. The predicted molar refractivity (Wildman–Crippen MR) is 68.8 cm³/mol. The molecule has 0 aromatic heterocycles. The Hall–Kier alpha value is -1.14. The molecule has 0 spiro atoms. The molecule has 1 saturated carbocycles. The van der Waals surface area contributed by atoms with Gasteiger partial charge in [-0.25, -0.2) is 4.79 Å². The van der Waals surface area contributed by atoms with Gasteiger partial charge in [0.05, 0.1) is 6.10 Å². The summed E-state index contributed by atoms with van der Waals surface area (Å²) in [5.74, 6) is -1.44. The lowest BCUT2D eigenvalue weighted by atomic mass is 9.54. The van der Waals surface area contributed by atoms with E-state index in [4.69, 9.17) is 9.47 Å². The maximum Gasteiger partial charge on any atom is 0.330 e. The molecule has 1 rings (SSSR count). The van der Waals surface area contributed by atoms with Crippen molar-refractivity contribution in [1.29, 1.82) is 0 Å². The molecule has 1 aliphatic carbocycles. The summed E-state index contributed by atoms with van der Waals surface area (Å²) in [6.07, 6.45) is 0.113. The topological polar surface area (TPSA) is 84.9 Å². The third kappa shape index (κ3) is 2.74. The average Bonchev–Trinajstić information content (AvgIpc) is 2.34. The second kappa shape index (κ2) is 5.88. The molecule has 1 aliphatic rings. The minimum Gasteiger partial charge on any atom is -0.479 e. The number of hydrogen-bond donors (Lipinski definition) is 2. The Balaban J connectivity index is 2.78. The number of carbonyl (C=O) groups is 2. The van der Waals surface area contributed by atoms with Crippen molar-refractivity contribution in [2.45, 2.75) is 45.8 Å². The second-order valence-electron chi connectivity index (χ2n) is 5.27. The van der Waals surface area contributed by atoms with Gasteiger partial charge in [0.1, 0.15) is 12.1 Å². The predicted octanol–water partition coefficient (Wildman–Crippen LogP) is 0.797. The summed E-state index contributed by atoms with van der Waals surface area (Å²) in [6, 6.07) is 0. The number of carbonyl (C=O) groups excluding carboxylic acids is 1. The molecular formula is C13H23NO5. The highest BCUT2D eigenvalue weighted by molar-refractivity contribution is 5.89. The number of aliphatic carboxylic acids is 1. The number of ether oxygens (including phenoxy) is 2. The molecule has 6 nitrogen and oxygen atoms in total. The molecule has 2 atom stereocenters. The largest absolute Gasteiger partial charge is 0.479 e. The number of carboxylic acids is 1. The Labute approximate surface area is 113 Å². The number of nitrogens with one attached hydrogen (secondary N) is 1. The van der Waals surface area contributed by atoms with Crippen LogP contribution in [0.5, 0.6) is 0 Å². The van der Waals surface area contributed by atoms with Crippen LogP contribution >= 0.6 is 0 Å². The van der Waals surface area contributed by atoms with Gasteiger partial charge in [-0.05, 0) is 13.8 Å². The van der Waals surface area contributed by atoms with E-state index in [0.717, 1.165) is 0 Å². The van der Waals surface area contributed by atoms with Crippen LogP contribution in [0.25, 0.3) is 0 Å². The van der Waals surface area contributed by atoms with E-state index in [-0.39, 0.29) is 19.1 Å². The van der Waals surface area contributed by atoms with Gasteiger partial charge in [-0.3, -0.25) is 4.79 Å². The highest BCUT2D eigenvalue weighted by atomic mass is 16.5. The first kappa shape index (κ1) is 15.9. The molecule has 0 aromatic carbocycles. The lowest BCUT2D eigenvalue weighted by Crippen LogP contribution is -2.76. The van der Waals surface area contributed by atoms with Crippen LogP contribution in [-0.4, -0.2) is 48.4 Å². The van der Waals surface area contributed by atoms with E-state index in [1.54, 1.807) is 20.8 Å². The number of carboxylic acid groups (broad SMARTS) is 1. The fraction of sp³-hybridized carbons (Fsp3) is 0.846. The van der Waals surface area contributed by atoms with E-state index in [1.807, 2.05) is 6.92 Å². The highest BCUT2D eigenvalue weighted by Gasteiger charge is 2.66. The minimum absolute atomic E-state index is 0.124. The van der Waals surface area contributed by atoms with Crippen LogP contribution in [0.3, 0.4) is 0 Å². The van der Waals surface area contributed by atoms with Gasteiger partial charge >= 0.3 is 5.97 Å². The van der Waals surface area contributed by atoms with Crippen molar-refractivity contribution in [3.63, 3.8) is 0 Å². The van der Waals surface area contributed by atoms with Gasteiger partial charge in [0, 0.05) is 25.0 Å². The van der Waals surface area contributed by atoms with Crippen molar-refractivity contribution in [3.05, 3.63) is 0 Å². The summed E-state index contributed by atoms with van der Waals surface area (Å²) in [5, 5.41) is 12.1. The lowest BCUT2D eigenvalue weighted by molar-refractivity contribution is -0.195. The van der Waals surface area contributed by atoms with Gasteiger partial charge in [-0.2, -0.15) is 0 Å². The summed E-state index contributed by atoms with van der Waals surface area (Å²) in [6.45, 7) is 8.05. The lowest BCUT2D eigenvalue weighted by Gasteiger charge is -2.58. The molecular weight excluding hydrogens is 250 g/mol. The fourth-order valence-corrected chi connectivity index (χ4v) is 2.51. The van der Waals surface area contributed by atoms with E-state index < -0.39 is 22.8 Å². The van der Waals surface area contributed by atoms with Gasteiger partial charge in [-0.1, -0.05) is 13.8 Å². The molecule has 0 bridgehead atoms. The standard InChI is InChI=1S/C13H23NO5/c1-5-18-8-10(15)14-13(11(16)17)7-9(19-6-2)12(13,3)4/h9H,5-8H2,1-4H3,(H,14,15)(H,16,17). The Morgan fingerprint density at radius 2 is 1.95 bits per heavy atom. The van der Waals surface area contributed by atoms with E-state index in [0.29, 0.717) is 13.2 Å². The molecule has 1 amide bonds. The molecule has 0 saturated heterocycles. The first-order valence-electron chi connectivity index (χ1n) is 6.55. The zero-order valence-electron chi connectivity index (χ0n) is 12.0. The average molecular weight is 273 g/mol. The van der Waals surface area contributed by atoms with Crippen molar-refractivity contribution in [3.8, 4) is 0 Å².